The van der Waals surface area contributed by atoms with Gasteiger partial charge in [-0.05, 0) is 43.2 Å². The van der Waals surface area contributed by atoms with Crippen LogP contribution in [0.25, 0.3) is 0 Å². The molecule has 3 rings (SSSR count). The maximum atomic E-state index is 6.05. The number of hydrogen-bond acceptors (Lipinski definition) is 6. The summed E-state index contributed by atoms with van der Waals surface area (Å²) in [6, 6.07) is 0.442. The molecule has 21 heavy (non-hydrogen) atoms. The number of anilines is 2. The van der Waals surface area contributed by atoms with E-state index in [0.717, 1.165) is 31.8 Å². The predicted molar refractivity (Wildman–Crippen MR) is 82.9 cm³/mol. The van der Waals surface area contributed by atoms with E-state index in [-0.39, 0.29) is 5.28 Å². The second-order valence-corrected chi connectivity index (χ2v) is 6.27. The molecule has 1 saturated carbocycles. The predicted octanol–water partition coefficient (Wildman–Crippen LogP) is 2.35. The number of hydrogen-bond donors (Lipinski definition) is 1. The van der Waals surface area contributed by atoms with Crippen LogP contribution in [0.2, 0.25) is 5.28 Å². The lowest BCUT2D eigenvalue weighted by molar-refractivity contribution is 0.122. The van der Waals surface area contributed by atoms with Crippen LogP contribution in [0.1, 0.15) is 32.6 Å². The molecule has 0 amide bonds. The van der Waals surface area contributed by atoms with Gasteiger partial charge in [0.05, 0.1) is 13.2 Å². The van der Waals surface area contributed by atoms with Crippen LogP contribution in [0.15, 0.2) is 0 Å². The van der Waals surface area contributed by atoms with Crippen molar-refractivity contribution in [3.63, 3.8) is 0 Å². The van der Waals surface area contributed by atoms with Crippen LogP contribution in [0.4, 0.5) is 11.9 Å². The Bertz CT molecular complexity index is 472. The fourth-order valence-corrected chi connectivity index (χ4v) is 3.05. The van der Waals surface area contributed by atoms with E-state index in [2.05, 4.69) is 32.1 Å². The third-order valence-electron chi connectivity index (χ3n) is 4.24. The number of morpholine rings is 1. The molecule has 6 nitrogen and oxygen atoms in total. The Morgan fingerprint density at radius 3 is 2.52 bits per heavy atom. The Labute approximate surface area is 130 Å². The molecule has 1 aromatic rings. The zero-order valence-electron chi connectivity index (χ0n) is 12.4. The summed E-state index contributed by atoms with van der Waals surface area (Å²) >= 11 is 6.05. The first-order valence-electron chi connectivity index (χ1n) is 7.71. The van der Waals surface area contributed by atoms with Crippen LogP contribution in [-0.2, 0) is 4.74 Å². The molecule has 0 aromatic carbocycles. The van der Waals surface area contributed by atoms with Crippen molar-refractivity contribution in [2.24, 2.45) is 5.92 Å². The largest absolute Gasteiger partial charge is 0.378 e. The third kappa shape index (κ3) is 3.95. The zero-order valence-corrected chi connectivity index (χ0v) is 13.1. The molecule has 7 heteroatoms. The maximum absolute atomic E-state index is 6.05. The van der Waals surface area contributed by atoms with Crippen LogP contribution in [0.3, 0.4) is 0 Å². The first-order valence-corrected chi connectivity index (χ1v) is 8.09. The maximum Gasteiger partial charge on any atom is 0.231 e. The van der Waals surface area contributed by atoms with E-state index >= 15 is 0 Å². The van der Waals surface area contributed by atoms with Crippen molar-refractivity contribution in [2.45, 2.75) is 38.6 Å². The number of rotatable bonds is 3. The summed E-state index contributed by atoms with van der Waals surface area (Å²) in [5.41, 5.74) is 0. The van der Waals surface area contributed by atoms with Crippen LogP contribution >= 0.6 is 11.6 Å². The average Bonchev–Trinajstić information content (AvgIpc) is 2.50. The van der Waals surface area contributed by atoms with E-state index in [4.69, 9.17) is 16.3 Å². The normalized spacial score (nSPS) is 26.7. The fraction of sp³-hybridized carbons (Fsp3) is 0.786. The average molecular weight is 312 g/mol. The smallest absolute Gasteiger partial charge is 0.231 e. The van der Waals surface area contributed by atoms with Gasteiger partial charge in [0.2, 0.25) is 17.2 Å². The molecule has 2 heterocycles. The standard InChI is InChI=1S/C14H22ClN5O/c1-10-2-4-11(5-3-10)16-13-17-12(15)18-14(19-13)20-6-8-21-9-7-20/h10-11H,2-9H2,1H3,(H,16,17,18,19). The van der Waals surface area contributed by atoms with E-state index < -0.39 is 0 Å². The zero-order chi connectivity index (χ0) is 14.7. The molecule has 2 fully saturated rings. The molecule has 1 aliphatic carbocycles. The van der Waals surface area contributed by atoms with Crippen molar-refractivity contribution in [3.8, 4) is 0 Å². The molecule has 1 N–H and O–H groups in total. The molecule has 0 unspecified atom stereocenters. The van der Waals surface area contributed by atoms with Gasteiger partial charge in [-0.15, -0.1) is 0 Å². The molecule has 1 aromatic heterocycles. The Hall–Kier alpha value is -1.14. The first-order chi connectivity index (χ1) is 10.2. The lowest BCUT2D eigenvalue weighted by Crippen LogP contribution is -2.37. The van der Waals surface area contributed by atoms with Crippen LogP contribution in [0.5, 0.6) is 0 Å². The fourth-order valence-electron chi connectivity index (χ4n) is 2.90. The summed E-state index contributed by atoms with van der Waals surface area (Å²) in [7, 11) is 0. The Kier molecular flexibility index (Phi) is 4.75. The van der Waals surface area contributed by atoms with Gasteiger partial charge in [-0.2, -0.15) is 15.0 Å². The summed E-state index contributed by atoms with van der Waals surface area (Å²) in [5, 5.41) is 3.67. The monoisotopic (exact) mass is 311 g/mol. The highest BCUT2D eigenvalue weighted by Crippen LogP contribution is 2.25. The minimum Gasteiger partial charge on any atom is -0.378 e. The van der Waals surface area contributed by atoms with Crippen molar-refractivity contribution in [2.75, 3.05) is 36.5 Å². The summed E-state index contributed by atoms with van der Waals surface area (Å²) < 4.78 is 5.35. The van der Waals surface area contributed by atoms with E-state index in [1.54, 1.807) is 0 Å². The van der Waals surface area contributed by atoms with E-state index in [1.807, 2.05) is 0 Å². The highest BCUT2D eigenvalue weighted by atomic mass is 35.5. The van der Waals surface area contributed by atoms with Crippen LogP contribution in [-0.4, -0.2) is 47.3 Å². The van der Waals surface area contributed by atoms with E-state index in [9.17, 15) is 0 Å². The van der Waals surface area contributed by atoms with Crippen molar-refractivity contribution in [3.05, 3.63) is 5.28 Å². The van der Waals surface area contributed by atoms with E-state index in [0.29, 0.717) is 31.2 Å². The van der Waals surface area contributed by atoms with Gasteiger partial charge < -0.3 is 15.0 Å². The summed E-state index contributed by atoms with van der Waals surface area (Å²) in [5.74, 6) is 2.06. The minimum atomic E-state index is 0.248. The summed E-state index contributed by atoms with van der Waals surface area (Å²) in [6.07, 6.45) is 4.84. The molecule has 1 aliphatic heterocycles. The van der Waals surface area contributed by atoms with Gasteiger partial charge in [-0.25, -0.2) is 0 Å². The molecule has 2 aliphatic rings. The first kappa shape index (κ1) is 14.8. The molecule has 1 saturated heterocycles. The molecular formula is C14H22ClN5O. The third-order valence-corrected chi connectivity index (χ3v) is 4.41. The van der Waals surface area contributed by atoms with Gasteiger partial charge >= 0.3 is 0 Å². The SMILES string of the molecule is CC1CCC(Nc2nc(Cl)nc(N3CCOCC3)n2)CC1. The van der Waals surface area contributed by atoms with Gasteiger partial charge in [-0.1, -0.05) is 6.92 Å². The Morgan fingerprint density at radius 2 is 1.81 bits per heavy atom. The number of aromatic nitrogens is 3. The summed E-state index contributed by atoms with van der Waals surface area (Å²) in [4.78, 5) is 15.1. The Balaban J connectivity index is 1.68. The second-order valence-electron chi connectivity index (χ2n) is 5.93. The minimum absolute atomic E-state index is 0.248. The molecule has 116 valence electrons. The highest BCUT2D eigenvalue weighted by Gasteiger charge is 2.20. The van der Waals surface area contributed by atoms with Crippen molar-refractivity contribution in [1.82, 2.24) is 15.0 Å². The number of ether oxygens (including phenoxy) is 1. The summed E-state index contributed by atoms with van der Waals surface area (Å²) in [6.45, 7) is 5.30. The van der Waals surface area contributed by atoms with Crippen LogP contribution < -0.4 is 10.2 Å². The van der Waals surface area contributed by atoms with Crippen molar-refractivity contribution >= 4 is 23.5 Å². The van der Waals surface area contributed by atoms with Gasteiger partial charge in [0, 0.05) is 19.1 Å². The lowest BCUT2D eigenvalue weighted by atomic mass is 9.87. The molecule has 0 bridgehead atoms. The topological polar surface area (TPSA) is 63.2 Å². The number of nitrogens with one attached hydrogen (secondary N) is 1. The molecule has 0 atom stereocenters. The van der Waals surface area contributed by atoms with Gasteiger partial charge in [0.1, 0.15) is 0 Å². The quantitative estimate of drug-likeness (QED) is 0.924. The molecular weight excluding hydrogens is 290 g/mol. The van der Waals surface area contributed by atoms with Gasteiger partial charge in [-0.3, -0.25) is 0 Å². The van der Waals surface area contributed by atoms with Crippen LogP contribution in [0, 0.1) is 5.92 Å². The van der Waals surface area contributed by atoms with Crippen molar-refractivity contribution < 1.29 is 4.74 Å². The molecule has 0 spiro atoms. The second kappa shape index (κ2) is 6.75. The number of halogens is 1. The van der Waals surface area contributed by atoms with Crippen molar-refractivity contribution in [1.29, 1.82) is 0 Å². The van der Waals surface area contributed by atoms with Gasteiger partial charge in [0.25, 0.3) is 0 Å². The highest BCUT2D eigenvalue weighted by molar-refractivity contribution is 6.28. The number of nitrogens with zero attached hydrogens (tertiary/aromatic N) is 4. The Morgan fingerprint density at radius 1 is 1.10 bits per heavy atom. The van der Waals surface area contributed by atoms with E-state index in [1.165, 1.54) is 12.8 Å². The molecule has 0 radical (unpaired) electrons. The van der Waals surface area contributed by atoms with Gasteiger partial charge in [0.15, 0.2) is 0 Å². The lowest BCUT2D eigenvalue weighted by Gasteiger charge is -2.28.